The first-order valence-corrected chi connectivity index (χ1v) is 10.6. The van der Waals surface area contributed by atoms with Gasteiger partial charge >= 0.3 is 0 Å². The summed E-state index contributed by atoms with van der Waals surface area (Å²) in [6.45, 7) is 3.78. The van der Waals surface area contributed by atoms with Gasteiger partial charge < -0.3 is 14.2 Å². The normalized spacial score (nSPS) is 18.8. The van der Waals surface area contributed by atoms with Crippen molar-refractivity contribution in [3.05, 3.63) is 69.5 Å². The van der Waals surface area contributed by atoms with Crippen LogP contribution in [0.1, 0.15) is 42.4 Å². The number of anilines is 1. The van der Waals surface area contributed by atoms with E-state index < -0.39 is 0 Å². The van der Waals surface area contributed by atoms with Gasteiger partial charge in [0.1, 0.15) is 23.5 Å². The molecular weight excluding hydrogens is 374 g/mol. The molecule has 0 saturated carbocycles. The van der Waals surface area contributed by atoms with Gasteiger partial charge in [-0.2, -0.15) is 5.26 Å². The lowest BCUT2D eigenvalue weighted by atomic mass is 9.87. The minimum Gasteiger partial charge on any atom is -0.490 e. The second-order valence-electron chi connectivity index (χ2n) is 8.48. The van der Waals surface area contributed by atoms with Crippen molar-refractivity contribution in [2.45, 2.75) is 38.2 Å². The molecule has 152 valence electrons. The predicted molar refractivity (Wildman–Crippen MR) is 118 cm³/mol. The lowest BCUT2D eigenvalue weighted by molar-refractivity contribution is 0.254. The topological polar surface area (TPSA) is 58.3 Å². The summed E-state index contributed by atoms with van der Waals surface area (Å²) in [6, 6.07) is 16.7. The van der Waals surface area contributed by atoms with Gasteiger partial charge in [0.05, 0.1) is 11.2 Å². The number of hydrogen-bond acceptors (Lipinski definition) is 4. The minimum absolute atomic E-state index is 0.221. The molecule has 1 aromatic heterocycles. The van der Waals surface area contributed by atoms with Crippen molar-refractivity contribution < 1.29 is 4.74 Å². The van der Waals surface area contributed by atoms with Crippen LogP contribution in [0.4, 0.5) is 5.69 Å². The van der Waals surface area contributed by atoms with E-state index in [1.54, 1.807) is 11.6 Å². The molecule has 2 aliphatic rings. The summed E-state index contributed by atoms with van der Waals surface area (Å²) in [6.07, 6.45) is 3.25. The molecule has 1 unspecified atom stereocenters. The molecule has 30 heavy (non-hydrogen) atoms. The highest BCUT2D eigenvalue weighted by Crippen LogP contribution is 2.37. The van der Waals surface area contributed by atoms with Crippen molar-refractivity contribution in [1.82, 2.24) is 4.57 Å². The van der Waals surface area contributed by atoms with E-state index in [1.807, 2.05) is 24.3 Å². The first-order chi connectivity index (χ1) is 14.6. The molecule has 5 heteroatoms. The Kier molecular flexibility index (Phi) is 4.51. The lowest BCUT2D eigenvalue weighted by Crippen LogP contribution is -2.35. The molecule has 0 aliphatic carbocycles. The Bertz CT molecular complexity index is 1230. The molecule has 2 aliphatic heterocycles. The summed E-state index contributed by atoms with van der Waals surface area (Å²) < 4.78 is 7.42. The van der Waals surface area contributed by atoms with Crippen molar-refractivity contribution in [1.29, 1.82) is 5.26 Å². The predicted octanol–water partition coefficient (Wildman–Crippen LogP) is 4.12. The van der Waals surface area contributed by atoms with Crippen LogP contribution in [0.5, 0.6) is 5.75 Å². The zero-order chi connectivity index (χ0) is 20.8. The first kappa shape index (κ1) is 18.7. The van der Waals surface area contributed by atoms with E-state index in [4.69, 9.17) is 4.74 Å². The Hall–Kier alpha value is -3.26. The molecule has 1 saturated heterocycles. The third-order valence-corrected chi connectivity index (χ3v) is 6.59. The monoisotopic (exact) mass is 399 g/mol. The van der Waals surface area contributed by atoms with Crippen molar-refractivity contribution in [2.75, 3.05) is 18.0 Å². The highest BCUT2D eigenvalue weighted by Gasteiger charge is 2.27. The van der Waals surface area contributed by atoms with Gasteiger partial charge in [-0.15, -0.1) is 0 Å². The average molecular weight is 399 g/mol. The number of hydrogen-bond donors (Lipinski definition) is 0. The molecule has 1 fully saturated rings. The third kappa shape index (κ3) is 2.95. The van der Waals surface area contributed by atoms with Crippen molar-refractivity contribution in [3.8, 4) is 11.8 Å². The number of nitrogens with zero attached hydrogens (tertiary/aromatic N) is 3. The van der Waals surface area contributed by atoms with E-state index in [0.29, 0.717) is 5.92 Å². The second kappa shape index (κ2) is 7.21. The van der Waals surface area contributed by atoms with Gasteiger partial charge in [0.15, 0.2) is 0 Å². The van der Waals surface area contributed by atoms with Gasteiger partial charge in [-0.25, -0.2) is 0 Å². The number of fused-ring (bicyclic) bond motifs is 2. The number of rotatable bonds is 2. The Morgan fingerprint density at radius 1 is 1.13 bits per heavy atom. The Morgan fingerprint density at radius 2 is 1.90 bits per heavy atom. The van der Waals surface area contributed by atoms with Gasteiger partial charge in [0, 0.05) is 31.9 Å². The molecule has 5 rings (SSSR count). The molecule has 5 nitrogen and oxygen atoms in total. The quantitative estimate of drug-likeness (QED) is 0.651. The van der Waals surface area contributed by atoms with Gasteiger partial charge in [0.25, 0.3) is 5.56 Å². The zero-order valence-electron chi connectivity index (χ0n) is 17.4. The summed E-state index contributed by atoms with van der Waals surface area (Å²) in [5.41, 5.74) is 4.38. The van der Waals surface area contributed by atoms with Crippen LogP contribution in [0.15, 0.2) is 47.3 Å². The smallest absolute Gasteiger partial charge is 0.270 e. The van der Waals surface area contributed by atoms with Crippen molar-refractivity contribution in [2.24, 2.45) is 7.05 Å². The summed E-state index contributed by atoms with van der Waals surface area (Å²) in [4.78, 5) is 15.0. The van der Waals surface area contributed by atoms with Gasteiger partial charge in [-0.05, 0) is 48.9 Å². The van der Waals surface area contributed by atoms with Gasteiger partial charge in [0.2, 0.25) is 0 Å². The van der Waals surface area contributed by atoms with Crippen LogP contribution in [0.25, 0.3) is 10.9 Å². The van der Waals surface area contributed by atoms with Gasteiger partial charge in [-0.1, -0.05) is 30.3 Å². The number of piperidine rings is 1. The fourth-order valence-electron chi connectivity index (χ4n) is 5.04. The van der Waals surface area contributed by atoms with Crippen molar-refractivity contribution >= 4 is 16.6 Å². The fourth-order valence-corrected chi connectivity index (χ4v) is 5.04. The summed E-state index contributed by atoms with van der Waals surface area (Å²) >= 11 is 0. The standard InChI is InChI=1S/C25H25N3O2/c1-16-13-19-14-18(7-8-23(19)30-16)17-9-11-28(12-10-17)24-20-5-3-4-6-22(20)27(2)25(29)21(24)15-26/h3-8,14,16-17H,9-13H2,1-2H3. The molecule has 0 spiro atoms. The summed E-state index contributed by atoms with van der Waals surface area (Å²) in [5.74, 6) is 1.51. The highest BCUT2D eigenvalue weighted by atomic mass is 16.5. The van der Waals surface area contributed by atoms with E-state index in [0.717, 1.165) is 54.7 Å². The van der Waals surface area contributed by atoms with Crippen LogP contribution in [0.2, 0.25) is 0 Å². The number of aromatic nitrogens is 1. The van der Waals surface area contributed by atoms with E-state index in [-0.39, 0.29) is 17.2 Å². The molecule has 2 aromatic carbocycles. The lowest BCUT2D eigenvalue weighted by Gasteiger charge is -2.35. The Balaban J connectivity index is 1.45. The number of aryl methyl sites for hydroxylation is 1. The van der Waals surface area contributed by atoms with Crippen LogP contribution in [0, 0.1) is 11.3 Å². The number of para-hydroxylation sites is 1. The molecular formula is C25H25N3O2. The summed E-state index contributed by atoms with van der Waals surface area (Å²) in [5, 5.41) is 10.7. The summed E-state index contributed by atoms with van der Waals surface area (Å²) in [7, 11) is 1.74. The van der Waals surface area contributed by atoms with E-state index in [1.165, 1.54) is 11.1 Å². The van der Waals surface area contributed by atoms with Crippen LogP contribution in [-0.4, -0.2) is 23.8 Å². The average Bonchev–Trinajstić information content (AvgIpc) is 3.15. The molecule has 0 radical (unpaired) electrons. The highest BCUT2D eigenvalue weighted by molar-refractivity contribution is 5.94. The van der Waals surface area contributed by atoms with Crippen LogP contribution in [-0.2, 0) is 13.5 Å². The maximum Gasteiger partial charge on any atom is 0.270 e. The second-order valence-corrected chi connectivity index (χ2v) is 8.48. The van der Waals surface area contributed by atoms with E-state index in [9.17, 15) is 10.1 Å². The molecule has 0 amide bonds. The first-order valence-electron chi connectivity index (χ1n) is 10.6. The third-order valence-electron chi connectivity index (χ3n) is 6.59. The Morgan fingerprint density at radius 3 is 2.67 bits per heavy atom. The van der Waals surface area contributed by atoms with Crippen LogP contribution in [0.3, 0.4) is 0 Å². The zero-order valence-corrected chi connectivity index (χ0v) is 17.4. The SMILES string of the molecule is CC1Cc2cc(C3CCN(c4c(C#N)c(=O)n(C)c5ccccc45)CC3)ccc2O1. The maximum atomic E-state index is 12.8. The molecule has 0 N–H and O–H groups in total. The molecule has 1 atom stereocenters. The van der Waals surface area contributed by atoms with Gasteiger partial charge in [-0.3, -0.25) is 4.79 Å². The molecule has 3 heterocycles. The van der Waals surface area contributed by atoms with E-state index in [2.05, 4.69) is 36.1 Å². The number of pyridine rings is 1. The minimum atomic E-state index is -0.221. The van der Waals surface area contributed by atoms with Crippen molar-refractivity contribution in [3.63, 3.8) is 0 Å². The van der Waals surface area contributed by atoms with E-state index >= 15 is 0 Å². The number of nitriles is 1. The largest absolute Gasteiger partial charge is 0.490 e. The van der Waals surface area contributed by atoms with Crippen LogP contribution >= 0.6 is 0 Å². The van der Waals surface area contributed by atoms with Crippen LogP contribution < -0.4 is 15.2 Å². The maximum absolute atomic E-state index is 12.8. The fraction of sp³-hybridized carbons (Fsp3) is 0.360. The molecule has 3 aromatic rings. The Labute approximate surface area is 176 Å². The molecule has 0 bridgehead atoms. The number of ether oxygens (including phenoxy) is 1. The number of benzene rings is 2.